The molecule has 3 heterocycles. The lowest BCUT2D eigenvalue weighted by atomic mass is 9.97. The summed E-state index contributed by atoms with van der Waals surface area (Å²) < 4.78 is 17.6. The van der Waals surface area contributed by atoms with Gasteiger partial charge in [-0.25, -0.2) is 14.2 Å². The minimum Gasteiger partial charge on any atom is -0.507 e. The molecular formula is C26H27Cl3FN5O2. The topological polar surface area (TPSA) is 75.3 Å². The Balaban J connectivity index is 0.00000190. The SMILES string of the molecule is CN[C@H]1CCN(c2cc(-c3cc(F)cc(-c4ccc(-n5ccn(C)c5=O)c(Cl)c4)c3O)ccn2)C1.Cl.Cl. The fourth-order valence-corrected chi connectivity index (χ4v) is 4.79. The zero-order valence-electron chi connectivity index (χ0n) is 20.2. The number of pyridine rings is 1. The van der Waals surface area contributed by atoms with Crippen LogP contribution in [0.5, 0.6) is 5.75 Å². The van der Waals surface area contributed by atoms with Crippen LogP contribution >= 0.6 is 36.4 Å². The molecule has 4 aromatic rings. The summed E-state index contributed by atoms with van der Waals surface area (Å²) in [5, 5.41) is 14.8. The molecular weight excluding hydrogens is 540 g/mol. The highest BCUT2D eigenvalue weighted by Gasteiger charge is 2.23. The molecule has 0 amide bonds. The summed E-state index contributed by atoms with van der Waals surface area (Å²) in [5.41, 5.74) is 2.15. The molecule has 0 bridgehead atoms. The summed E-state index contributed by atoms with van der Waals surface area (Å²) in [6.45, 7) is 1.71. The quantitative estimate of drug-likeness (QED) is 0.354. The Kier molecular flexibility index (Phi) is 8.92. The number of aromatic hydroxyl groups is 1. The number of hydrogen-bond donors (Lipinski definition) is 2. The number of rotatable bonds is 5. The van der Waals surface area contributed by atoms with E-state index in [2.05, 4.69) is 15.2 Å². The first kappa shape index (κ1) is 28.5. The molecule has 0 saturated carbocycles. The number of halogens is 4. The molecule has 5 rings (SSSR count). The van der Waals surface area contributed by atoms with Crippen LogP contribution in [0.25, 0.3) is 27.9 Å². The molecule has 1 atom stereocenters. The lowest BCUT2D eigenvalue weighted by Crippen LogP contribution is -2.29. The Morgan fingerprint density at radius 3 is 2.38 bits per heavy atom. The molecule has 1 fully saturated rings. The van der Waals surface area contributed by atoms with Crippen molar-refractivity contribution < 1.29 is 9.50 Å². The van der Waals surface area contributed by atoms with Crippen molar-refractivity contribution in [2.24, 2.45) is 7.05 Å². The van der Waals surface area contributed by atoms with E-state index in [9.17, 15) is 14.3 Å². The number of aryl methyl sites for hydroxylation is 1. The van der Waals surface area contributed by atoms with Crippen molar-refractivity contribution in [3.05, 3.63) is 82.4 Å². The second kappa shape index (κ2) is 11.6. The highest BCUT2D eigenvalue weighted by atomic mass is 35.5. The van der Waals surface area contributed by atoms with E-state index >= 15 is 0 Å². The first-order valence-electron chi connectivity index (χ1n) is 11.3. The molecule has 2 aromatic carbocycles. The fraction of sp³-hybridized carbons (Fsp3) is 0.231. The number of phenolic OH excluding ortho intramolecular Hbond substituents is 1. The third-order valence-electron chi connectivity index (χ3n) is 6.52. The van der Waals surface area contributed by atoms with Crippen LogP contribution in [0.3, 0.4) is 0 Å². The molecule has 2 N–H and O–H groups in total. The van der Waals surface area contributed by atoms with Gasteiger partial charge in [0.2, 0.25) is 0 Å². The van der Waals surface area contributed by atoms with Gasteiger partial charge in [0.25, 0.3) is 0 Å². The molecule has 1 saturated heterocycles. The molecule has 0 spiro atoms. The summed E-state index contributed by atoms with van der Waals surface area (Å²) in [6, 6.07) is 11.6. The Morgan fingerprint density at radius 2 is 1.78 bits per heavy atom. The van der Waals surface area contributed by atoms with Gasteiger partial charge in [-0.3, -0.25) is 4.57 Å². The summed E-state index contributed by atoms with van der Waals surface area (Å²) in [5.74, 6) is 0.243. The van der Waals surface area contributed by atoms with Crippen molar-refractivity contribution in [2.45, 2.75) is 12.5 Å². The van der Waals surface area contributed by atoms with Gasteiger partial charge in [0.1, 0.15) is 17.4 Å². The standard InChI is InChI=1S/C26H25ClFN5O2.2ClH/c1-29-19-6-8-32(15-19)24-12-17(5-7-30-24)21-14-18(28)13-20(25(21)34)16-3-4-23(22(27)11-16)33-10-9-31(2)26(33)35;;/h3-5,7,9-14,19,29,34H,6,8,15H2,1-2H3;2*1H/t19-;;/m0../s1. The number of aromatic nitrogens is 3. The third-order valence-corrected chi connectivity index (χ3v) is 6.82. The maximum atomic E-state index is 14.8. The highest BCUT2D eigenvalue weighted by molar-refractivity contribution is 6.32. The third kappa shape index (κ3) is 5.48. The number of anilines is 1. The number of imidazole rings is 1. The molecule has 0 radical (unpaired) electrons. The van der Waals surface area contributed by atoms with E-state index in [0.29, 0.717) is 39.0 Å². The van der Waals surface area contributed by atoms with E-state index in [-0.39, 0.29) is 36.3 Å². The largest absolute Gasteiger partial charge is 0.507 e. The second-order valence-corrected chi connectivity index (χ2v) is 9.11. The van der Waals surface area contributed by atoms with Crippen LogP contribution < -0.4 is 15.9 Å². The highest BCUT2D eigenvalue weighted by Crippen LogP contribution is 2.41. The van der Waals surface area contributed by atoms with E-state index < -0.39 is 5.82 Å². The van der Waals surface area contributed by atoms with Gasteiger partial charge in [-0.2, -0.15) is 0 Å². The van der Waals surface area contributed by atoms with E-state index in [1.165, 1.54) is 21.3 Å². The van der Waals surface area contributed by atoms with E-state index in [1.807, 2.05) is 13.1 Å². The molecule has 2 aromatic heterocycles. The van der Waals surface area contributed by atoms with Gasteiger partial charge in [0.15, 0.2) is 0 Å². The molecule has 1 aliphatic rings. The summed E-state index contributed by atoms with van der Waals surface area (Å²) in [6.07, 6.45) is 5.96. The Morgan fingerprint density at radius 1 is 1.08 bits per heavy atom. The lowest BCUT2D eigenvalue weighted by molar-refractivity contribution is 0.477. The van der Waals surface area contributed by atoms with Crippen LogP contribution in [0.4, 0.5) is 10.2 Å². The fourth-order valence-electron chi connectivity index (χ4n) is 4.52. The molecule has 0 unspecified atom stereocenters. The average molecular weight is 567 g/mol. The lowest BCUT2D eigenvalue weighted by Gasteiger charge is -2.19. The minimum atomic E-state index is -0.484. The second-order valence-electron chi connectivity index (χ2n) is 8.70. The van der Waals surface area contributed by atoms with Gasteiger partial charge in [0.05, 0.1) is 10.7 Å². The first-order chi connectivity index (χ1) is 16.9. The van der Waals surface area contributed by atoms with Crippen LogP contribution in [-0.2, 0) is 7.05 Å². The summed E-state index contributed by atoms with van der Waals surface area (Å²) in [4.78, 5) is 19.0. The average Bonchev–Trinajstić information content (AvgIpc) is 3.47. The summed E-state index contributed by atoms with van der Waals surface area (Å²) in [7, 11) is 3.60. The first-order valence-corrected chi connectivity index (χ1v) is 11.7. The number of hydrogen-bond acceptors (Lipinski definition) is 5. The minimum absolute atomic E-state index is 0. The molecule has 196 valence electrons. The van der Waals surface area contributed by atoms with E-state index in [4.69, 9.17) is 11.6 Å². The van der Waals surface area contributed by atoms with E-state index in [1.54, 1.807) is 49.9 Å². The van der Waals surface area contributed by atoms with Crippen molar-refractivity contribution >= 4 is 42.2 Å². The predicted molar refractivity (Wildman–Crippen MR) is 150 cm³/mol. The number of phenols is 1. The monoisotopic (exact) mass is 565 g/mol. The van der Waals surface area contributed by atoms with Gasteiger partial charge in [-0.1, -0.05) is 17.7 Å². The van der Waals surface area contributed by atoms with E-state index in [0.717, 1.165) is 25.3 Å². The maximum Gasteiger partial charge on any atom is 0.332 e. The van der Waals surface area contributed by atoms with Gasteiger partial charge in [0, 0.05) is 55.9 Å². The zero-order valence-corrected chi connectivity index (χ0v) is 22.6. The Bertz CT molecular complexity index is 1470. The molecule has 1 aliphatic heterocycles. The molecule has 0 aliphatic carbocycles. The number of nitrogens with one attached hydrogen (secondary N) is 1. The predicted octanol–water partition coefficient (Wildman–Crippen LogP) is 5.04. The number of likely N-dealkylation sites (N-methyl/N-ethyl adjacent to an activating group) is 1. The van der Waals surface area contributed by atoms with Crippen LogP contribution in [-0.4, -0.2) is 45.4 Å². The van der Waals surface area contributed by atoms with Crippen LogP contribution in [0, 0.1) is 5.82 Å². The van der Waals surface area contributed by atoms with Gasteiger partial charge < -0.3 is 19.9 Å². The van der Waals surface area contributed by atoms with Crippen molar-refractivity contribution in [3.8, 4) is 33.7 Å². The Hall–Kier alpha value is -3.04. The smallest absolute Gasteiger partial charge is 0.332 e. The van der Waals surface area contributed by atoms with Gasteiger partial charge >= 0.3 is 5.69 Å². The van der Waals surface area contributed by atoms with Gasteiger partial charge in [-0.05, 0) is 61.0 Å². The zero-order chi connectivity index (χ0) is 24.7. The summed E-state index contributed by atoms with van der Waals surface area (Å²) >= 11 is 6.50. The number of nitrogens with zero attached hydrogens (tertiary/aromatic N) is 4. The Labute approximate surface area is 231 Å². The van der Waals surface area contributed by atoms with Crippen molar-refractivity contribution in [1.29, 1.82) is 0 Å². The maximum absolute atomic E-state index is 14.8. The van der Waals surface area contributed by atoms with Crippen LogP contribution in [0.15, 0.2) is 65.8 Å². The molecule has 7 nitrogen and oxygen atoms in total. The van der Waals surface area contributed by atoms with Gasteiger partial charge in [-0.15, -0.1) is 24.8 Å². The normalized spacial score (nSPS) is 14.8. The van der Waals surface area contributed by atoms with Crippen LogP contribution in [0.2, 0.25) is 5.02 Å². The molecule has 37 heavy (non-hydrogen) atoms. The number of benzene rings is 2. The van der Waals surface area contributed by atoms with Crippen molar-refractivity contribution in [2.75, 3.05) is 25.0 Å². The molecule has 11 heteroatoms. The van der Waals surface area contributed by atoms with Crippen LogP contribution in [0.1, 0.15) is 6.42 Å². The van der Waals surface area contributed by atoms with Crippen molar-refractivity contribution in [3.63, 3.8) is 0 Å². The van der Waals surface area contributed by atoms with Crippen molar-refractivity contribution in [1.82, 2.24) is 19.4 Å².